The van der Waals surface area contributed by atoms with Crippen LogP contribution in [-0.2, 0) is 6.42 Å². The monoisotopic (exact) mass is 268 g/mol. The maximum absolute atomic E-state index is 9.63. The first kappa shape index (κ1) is 14.4. The van der Waals surface area contributed by atoms with Crippen LogP contribution >= 0.6 is 0 Å². The molecule has 1 N–H and O–H groups in total. The van der Waals surface area contributed by atoms with E-state index in [1.807, 2.05) is 36.4 Å². The van der Waals surface area contributed by atoms with Gasteiger partial charge < -0.3 is 9.84 Å². The lowest BCUT2D eigenvalue weighted by Gasteiger charge is -2.09. The number of ether oxygens (including phenoxy) is 1. The topological polar surface area (TPSA) is 29.5 Å². The first-order chi connectivity index (χ1) is 9.72. The summed E-state index contributed by atoms with van der Waals surface area (Å²) in [7, 11) is 0. The molecule has 2 nitrogen and oxygen atoms in total. The van der Waals surface area contributed by atoms with Crippen LogP contribution in [0.2, 0.25) is 0 Å². The molecule has 0 aromatic heterocycles. The highest BCUT2D eigenvalue weighted by molar-refractivity contribution is 5.35. The quantitative estimate of drug-likeness (QED) is 0.773. The van der Waals surface area contributed by atoms with Gasteiger partial charge in [0.25, 0.3) is 0 Å². The molecular formula is C18H20O2. The highest BCUT2D eigenvalue weighted by Gasteiger charge is 2.03. The Bertz CT molecular complexity index is 541. The van der Waals surface area contributed by atoms with Gasteiger partial charge in [-0.1, -0.05) is 43.7 Å². The molecule has 0 amide bonds. The van der Waals surface area contributed by atoms with Crippen LogP contribution in [0.25, 0.3) is 0 Å². The third-order valence-electron chi connectivity index (χ3n) is 3.14. The summed E-state index contributed by atoms with van der Waals surface area (Å²) in [5, 5.41) is 9.63. The maximum atomic E-state index is 9.63. The highest BCUT2D eigenvalue weighted by Crippen LogP contribution is 2.24. The average Bonchev–Trinajstić information content (AvgIpc) is 2.49. The zero-order valence-corrected chi connectivity index (χ0v) is 11.8. The van der Waals surface area contributed by atoms with Crippen molar-refractivity contribution in [2.45, 2.75) is 25.9 Å². The van der Waals surface area contributed by atoms with Crippen LogP contribution in [0.3, 0.4) is 0 Å². The van der Waals surface area contributed by atoms with Crippen LogP contribution in [0.4, 0.5) is 0 Å². The van der Waals surface area contributed by atoms with Crippen LogP contribution in [0.15, 0.2) is 61.2 Å². The zero-order chi connectivity index (χ0) is 14.4. The molecule has 0 radical (unpaired) electrons. The Morgan fingerprint density at radius 2 is 1.60 bits per heavy atom. The molecule has 1 unspecified atom stereocenters. The molecule has 0 aliphatic rings. The molecule has 0 heterocycles. The van der Waals surface area contributed by atoms with Crippen LogP contribution in [0.1, 0.15) is 30.6 Å². The zero-order valence-electron chi connectivity index (χ0n) is 11.8. The minimum Gasteiger partial charge on any atom is -0.457 e. The second-order valence-corrected chi connectivity index (χ2v) is 4.75. The molecular weight excluding hydrogens is 248 g/mol. The Morgan fingerprint density at radius 1 is 1.05 bits per heavy atom. The third-order valence-corrected chi connectivity index (χ3v) is 3.14. The summed E-state index contributed by atoms with van der Waals surface area (Å²) in [4.78, 5) is 0. The van der Waals surface area contributed by atoms with Gasteiger partial charge in [-0.2, -0.15) is 0 Å². The number of benzene rings is 2. The lowest BCUT2D eigenvalue weighted by molar-refractivity contribution is 0.229. The molecule has 2 aromatic carbocycles. The Hall–Kier alpha value is -2.06. The number of aliphatic hydroxyl groups excluding tert-OH is 1. The number of hydrogen-bond donors (Lipinski definition) is 1. The van der Waals surface area contributed by atoms with Gasteiger partial charge in [-0.25, -0.2) is 0 Å². The lowest BCUT2D eigenvalue weighted by Crippen LogP contribution is -1.92. The Balaban J connectivity index is 2.04. The molecule has 0 aliphatic carbocycles. The number of hydrogen-bond acceptors (Lipinski definition) is 2. The molecule has 0 saturated heterocycles. The van der Waals surface area contributed by atoms with E-state index < -0.39 is 6.10 Å². The summed E-state index contributed by atoms with van der Waals surface area (Å²) in [6.07, 6.45) is 3.11. The summed E-state index contributed by atoms with van der Waals surface area (Å²) in [5.74, 6) is 1.58. The van der Waals surface area contributed by atoms with E-state index in [0.29, 0.717) is 0 Å². The van der Waals surface area contributed by atoms with E-state index in [0.717, 1.165) is 29.9 Å². The van der Waals surface area contributed by atoms with Crippen LogP contribution in [-0.4, -0.2) is 5.11 Å². The van der Waals surface area contributed by atoms with Crippen molar-refractivity contribution in [3.63, 3.8) is 0 Å². The molecule has 0 fully saturated rings. The summed E-state index contributed by atoms with van der Waals surface area (Å²) < 4.78 is 5.77. The van der Waals surface area contributed by atoms with Gasteiger partial charge in [-0.15, -0.1) is 6.58 Å². The number of aryl methyl sites for hydroxylation is 1. The predicted molar refractivity (Wildman–Crippen MR) is 82.1 cm³/mol. The number of aliphatic hydroxyl groups is 1. The van der Waals surface area contributed by atoms with E-state index in [4.69, 9.17) is 4.74 Å². The third kappa shape index (κ3) is 3.72. The molecule has 2 rings (SSSR count). The fourth-order valence-electron chi connectivity index (χ4n) is 2.02. The molecule has 0 saturated carbocycles. The largest absolute Gasteiger partial charge is 0.457 e. The van der Waals surface area contributed by atoms with Gasteiger partial charge in [-0.05, 0) is 41.8 Å². The molecule has 20 heavy (non-hydrogen) atoms. The van der Waals surface area contributed by atoms with Crippen LogP contribution in [0, 0.1) is 0 Å². The van der Waals surface area contributed by atoms with Gasteiger partial charge in [0.15, 0.2) is 0 Å². The molecule has 2 aromatic rings. The summed E-state index contributed by atoms with van der Waals surface area (Å²) >= 11 is 0. The maximum Gasteiger partial charge on any atom is 0.127 e. The van der Waals surface area contributed by atoms with Crippen molar-refractivity contribution in [2.75, 3.05) is 0 Å². The van der Waals surface area contributed by atoms with E-state index in [-0.39, 0.29) is 0 Å². The van der Waals surface area contributed by atoms with Crippen molar-refractivity contribution in [2.24, 2.45) is 0 Å². The van der Waals surface area contributed by atoms with Crippen molar-refractivity contribution in [1.82, 2.24) is 0 Å². The van der Waals surface area contributed by atoms with Crippen molar-refractivity contribution >= 4 is 0 Å². The first-order valence-electron chi connectivity index (χ1n) is 6.90. The van der Waals surface area contributed by atoms with E-state index in [9.17, 15) is 5.11 Å². The minimum atomic E-state index is -0.627. The minimum absolute atomic E-state index is 0.627. The van der Waals surface area contributed by atoms with Gasteiger partial charge in [-0.3, -0.25) is 0 Å². The molecule has 2 heteroatoms. The normalized spacial score (nSPS) is 11.9. The van der Waals surface area contributed by atoms with Crippen LogP contribution < -0.4 is 4.74 Å². The SMILES string of the molecule is C=CC(O)c1ccc(Oc2ccc(CCC)cc2)cc1. The first-order valence-corrected chi connectivity index (χ1v) is 6.90. The summed E-state index contributed by atoms with van der Waals surface area (Å²) in [5.41, 5.74) is 2.13. The second kappa shape index (κ2) is 6.92. The summed E-state index contributed by atoms with van der Waals surface area (Å²) in [6, 6.07) is 15.5. The van der Waals surface area contributed by atoms with Crippen molar-refractivity contribution in [3.05, 3.63) is 72.3 Å². The highest BCUT2D eigenvalue weighted by atomic mass is 16.5. The molecule has 0 aliphatic heterocycles. The van der Waals surface area contributed by atoms with E-state index in [2.05, 4.69) is 25.6 Å². The Kier molecular flexibility index (Phi) is 4.97. The van der Waals surface area contributed by atoms with Gasteiger partial charge >= 0.3 is 0 Å². The van der Waals surface area contributed by atoms with Gasteiger partial charge in [0.2, 0.25) is 0 Å². The number of rotatable bonds is 6. The van der Waals surface area contributed by atoms with Gasteiger partial charge in [0.05, 0.1) is 6.10 Å². The van der Waals surface area contributed by atoms with Crippen molar-refractivity contribution in [3.8, 4) is 11.5 Å². The van der Waals surface area contributed by atoms with E-state index >= 15 is 0 Å². The molecule has 1 atom stereocenters. The van der Waals surface area contributed by atoms with E-state index in [1.54, 1.807) is 0 Å². The molecule has 0 bridgehead atoms. The predicted octanol–water partition coefficient (Wildman–Crippen LogP) is 4.65. The van der Waals surface area contributed by atoms with E-state index in [1.165, 1.54) is 11.6 Å². The molecule has 104 valence electrons. The Morgan fingerprint density at radius 3 is 2.10 bits per heavy atom. The second-order valence-electron chi connectivity index (χ2n) is 4.75. The Labute approximate surface area is 120 Å². The smallest absolute Gasteiger partial charge is 0.127 e. The fraction of sp³-hybridized carbons (Fsp3) is 0.222. The van der Waals surface area contributed by atoms with Gasteiger partial charge in [0, 0.05) is 0 Å². The van der Waals surface area contributed by atoms with Crippen LogP contribution in [0.5, 0.6) is 11.5 Å². The molecule has 0 spiro atoms. The van der Waals surface area contributed by atoms with Crippen molar-refractivity contribution in [1.29, 1.82) is 0 Å². The fourth-order valence-corrected chi connectivity index (χ4v) is 2.02. The standard InChI is InChI=1S/C18H20O2/c1-3-5-14-6-10-16(11-7-14)20-17-12-8-15(9-13-17)18(19)4-2/h4,6-13,18-19H,2-3,5H2,1H3. The van der Waals surface area contributed by atoms with Gasteiger partial charge in [0.1, 0.15) is 11.5 Å². The lowest BCUT2D eigenvalue weighted by atomic mass is 10.1. The average molecular weight is 268 g/mol. The summed E-state index contributed by atoms with van der Waals surface area (Å²) in [6.45, 7) is 5.74. The van der Waals surface area contributed by atoms with Crippen molar-refractivity contribution < 1.29 is 9.84 Å².